The maximum atomic E-state index is 12.9. The Bertz CT molecular complexity index is 1110. The van der Waals surface area contributed by atoms with E-state index in [4.69, 9.17) is 11.6 Å². The number of pyridine rings is 1. The number of nitrogens with one attached hydrogen (secondary N) is 3. The van der Waals surface area contributed by atoms with E-state index in [0.29, 0.717) is 34.0 Å². The molecule has 3 heterocycles. The van der Waals surface area contributed by atoms with Gasteiger partial charge < -0.3 is 21.1 Å². The number of carbonyl (C=O) groups excluding carboxylic acids is 1. The number of aliphatic hydroxyl groups is 1. The van der Waals surface area contributed by atoms with E-state index in [9.17, 15) is 9.90 Å². The molecule has 162 valence electrons. The molecule has 0 radical (unpaired) electrons. The Morgan fingerprint density at radius 1 is 1.06 bits per heavy atom. The second-order valence-corrected chi connectivity index (χ2v) is 8.60. The Morgan fingerprint density at radius 2 is 1.81 bits per heavy atom. The van der Waals surface area contributed by atoms with Crippen LogP contribution in [0.4, 0.5) is 17.2 Å². The summed E-state index contributed by atoms with van der Waals surface area (Å²) in [7, 11) is 0. The zero-order chi connectivity index (χ0) is 21.4. The van der Waals surface area contributed by atoms with E-state index < -0.39 is 0 Å². The fourth-order valence-electron chi connectivity index (χ4n) is 3.85. The number of hydrogen-bond donors (Lipinski definition) is 4. The first kappa shape index (κ1) is 20.0. The van der Waals surface area contributed by atoms with Crippen molar-refractivity contribution < 1.29 is 9.90 Å². The van der Waals surface area contributed by atoms with Crippen LogP contribution >= 0.6 is 11.6 Å². The van der Waals surface area contributed by atoms with Gasteiger partial charge in [0.25, 0.3) is 5.91 Å². The van der Waals surface area contributed by atoms with E-state index in [1.165, 1.54) is 12.4 Å². The molecule has 0 aromatic carbocycles. The van der Waals surface area contributed by atoms with Crippen molar-refractivity contribution >= 4 is 40.3 Å². The first-order valence-corrected chi connectivity index (χ1v) is 11.0. The zero-order valence-corrected chi connectivity index (χ0v) is 17.6. The highest BCUT2D eigenvalue weighted by Gasteiger charge is 2.25. The van der Waals surface area contributed by atoms with Gasteiger partial charge >= 0.3 is 0 Å². The normalized spacial score (nSPS) is 21.1. The lowest BCUT2D eigenvalue weighted by Gasteiger charge is -2.26. The number of aliphatic hydroxyl groups excluding tert-OH is 1. The lowest BCUT2D eigenvalue weighted by Crippen LogP contribution is -2.29. The molecule has 2 aliphatic carbocycles. The lowest BCUT2D eigenvalue weighted by molar-refractivity contribution is 0.102. The van der Waals surface area contributed by atoms with Gasteiger partial charge in [0, 0.05) is 30.0 Å². The highest BCUT2D eigenvalue weighted by atomic mass is 35.5. The minimum Gasteiger partial charge on any atom is -0.393 e. The van der Waals surface area contributed by atoms with Crippen LogP contribution in [-0.2, 0) is 0 Å². The highest BCUT2D eigenvalue weighted by Crippen LogP contribution is 2.30. The molecule has 3 aromatic rings. The summed E-state index contributed by atoms with van der Waals surface area (Å²) in [5, 5.41) is 24.5. The second-order valence-electron chi connectivity index (χ2n) is 8.21. The monoisotopic (exact) mass is 441 g/mol. The van der Waals surface area contributed by atoms with E-state index in [-0.39, 0.29) is 18.1 Å². The molecule has 0 bridgehead atoms. The van der Waals surface area contributed by atoms with E-state index in [1.807, 2.05) is 6.07 Å². The number of carbonyl (C=O) groups is 1. The van der Waals surface area contributed by atoms with Crippen molar-refractivity contribution in [1.82, 2.24) is 19.6 Å². The standard InChI is InChI=1S/C21H24ClN7O2/c22-18-9-14(7-8-23-18)27-21(31)17-11-24-20-16(25-12-1-2-12)10-19(28-29(17)20)26-13-3-5-15(30)6-4-13/h7-13,15,25,30H,1-6H2,(H,26,28)(H,23,27,31)/t13-,15-. The molecular formula is C21H24ClN7O2. The third-order valence-electron chi connectivity index (χ3n) is 5.67. The Hall–Kier alpha value is -2.91. The molecule has 10 heteroatoms. The average molecular weight is 442 g/mol. The molecule has 2 fully saturated rings. The van der Waals surface area contributed by atoms with Crippen LogP contribution in [0.5, 0.6) is 0 Å². The minimum absolute atomic E-state index is 0.216. The highest BCUT2D eigenvalue weighted by molar-refractivity contribution is 6.29. The minimum atomic E-state index is -0.336. The number of nitrogens with zero attached hydrogens (tertiary/aromatic N) is 4. The predicted octanol–water partition coefficient (Wildman–Crippen LogP) is 3.32. The fourth-order valence-corrected chi connectivity index (χ4v) is 4.03. The van der Waals surface area contributed by atoms with Gasteiger partial charge in [0.05, 0.1) is 18.0 Å². The summed E-state index contributed by atoms with van der Waals surface area (Å²) in [5.74, 6) is 0.341. The molecule has 2 saturated carbocycles. The number of anilines is 3. The molecule has 2 aliphatic rings. The van der Waals surface area contributed by atoms with Crippen LogP contribution < -0.4 is 16.0 Å². The van der Waals surface area contributed by atoms with Crippen LogP contribution in [0.2, 0.25) is 5.15 Å². The van der Waals surface area contributed by atoms with Gasteiger partial charge in [0.1, 0.15) is 11.0 Å². The van der Waals surface area contributed by atoms with Gasteiger partial charge in [-0.05, 0) is 50.7 Å². The van der Waals surface area contributed by atoms with Gasteiger partial charge in [0.2, 0.25) is 0 Å². The molecule has 1 amide bonds. The predicted molar refractivity (Wildman–Crippen MR) is 119 cm³/mol. The summed E-state index contributed by atoms with van der Waals surface area (Å²) >= 11 is 5.92. The maximum absolute atomic E-state index is 12.9. The van der Waals surface area contributed by atoms with E-state index in [0.717, 1.165) is 44.2 Å². The van der Waals surface area contributed by atoms with Crippen molar-refractivity contribution in [1.29, 1.82) is 0 Å². The number of imidazole rings is 1. The first-order chi connectivity index (χ1) is 15.0. The van der Waals surface area contributed by atoms with Crippen molar-refractivity contribution in [3.8, 4) is 0 Å². The molecule has 0 atom stereocenters. The van der Waals surface area contributed by atoms with Crippen LogP contribution in [0, 0.1) is 0 Å². The van der Waals surface area contributed by atoms with E-state index in [2.05, 4.69) is 31.0 Å². The summed E-state index contributed by atoms with van der Waals surface area (Å²) < 4.78 is 1.57. The Morgan fingerprint density at radius 3 is 2.55 bits per heavy atom. The lowest BCUT2D eigenvalue weighted by atomic mass is 9.93. The summed E-state index contributed by atoms with van der Waals surface area (Å²) in [6.45, 7) is 0. The molecule has 9 nitrogen and oxygen atoms in total. The third-order valence-corrected chi connectivity index (χ3v) is 5.88. The number of aromatic nitrogens is 4. The van der Waals surface area contributed by atoms with E-state index >= 15 is 0 Å². The molecular weight excluding hydrogens is 418 g/mol. The fraction of sp³-hybridized carbons (Fsp3) is 0.429. The van der Waals surface area contributed by atoms with Crippen molar-refractivity contribution in [2.75, 3.05) is 16.0 Å². The largest absolute Gasteiger partial charge is 0.393 e. The third kappa shape index (κ3) is 4.57. The maximum Gasteiger partial charge on any atom is 0.276 e. The smallest absolute Gasteiger partial charge is 0.276 e. The quantitative estimate of drug-likeness (QED) is 0.433. The van der Waals surface area contributed by atoms with Gasteiger partial charge in [-0.2, -0.15) is 0 Å². The number of amides is 1. The van der Waals surface area contributed by atoms with Crippen LogP contribution in [-0.4, -0.2) is 48.8 Å². The molecule has 5 rings (SSSR count). The second kappa shape index (κ2) is 8.32. The van der Waals surface area contributed by atoms with Crippen LogP contribution in [0.15, 0.2) is 30.6 Å². The van der Waals surface area contributed by atoms with Crippen LogP contribution in [0.3, 0.4) is 0 Å². The summed E-state index contributed by atoms with van der Waals surface area (Å²) in [5.41, 5.74) is 2.33. The Labute approximate surface area is 184 Å². The van der Waals surface area contributed by atoms with Gasteiger partial charge in [-0.25, -0.2) is 14.5 Å². The topological polar surface area (TPSA) is 116 Å². The number of halogens is 1. The van der Waals surface area contributed by atoms with Crippen LogP contribution in [0.25, 0.3) is 5.65 Å². The Balaban J connectivity index is 1.45. The van der Waals surface area contributed by atoms with Crippen molar-refractivity contribution in [2.24, 2.45) is 0 Å². The number of rotatable bonds is 6. The molecule has 0 saturated heterocycles. The average Bonchev–Trinajstić information content (AvgIpc) is 3.45. The molecule has 4 N–H and O–H groups in total. The first-order valence-electron chi connectivity index (χ1n) is 10.6. The molecule has 3 aromatic heterocycles. The summed E-state index contributed by atoms with van der Waals surface area (Å²) in [6.07, 6.45) is 8.40. The van der Waals surface area contributed by atoms with Crippen molar-refractivity contribution in [3.05, 3.63) is 41.4 Å². The summed E-state index contributed by atoms with van der Waals surface area (Å²) in [6, 6.07) is 5.88. The molecule has 0 unspecified atom stereocenters. The molecule has 31 heavy (non-hydrogen) atoms. The summed E-state index contributed by atoms with van der Waals surface area (Å²) in [4.78, 5) is 21.3. The van der Waals surface area contributed by atoms with E-state index in [1.54, 1.807) is 16.6 Å². The van der Waals surface area contributed by atoms with Gasteiger partial charge in [-0.1, -0.05) is 11.6 Å². The van der Waals surface area contributed by atoms with Crippen molar-refractivity contribution in [3.63, 3.8) is 0 Å². The van der Waals surface area contributed by atoms with Gasteiger partial charge in [-0.15, -0.1) is 5.10 Å². The van der Waals surface area contributed by atoms with Gasteiger partial charge in [0.15, 0.2) is 11.3 Å². The zero-order valence-electron chi connectivity index (χ0n) is 16.9. The van der Waals surface area contributed by atoms with Crippen molar-refractivity contribution in [2.45, 2.75) is 56.7 Å². The van der Waals surface area contributed by atoms with Gasteiger partial charge in [-0.3, -0.25) is 4.79 Å². The number of fused-ring (bicyclic) bond motifs is 1. The number of hydrogen-bond acceptors (Lipinski definition) is 7. The Kier molecular flexibility index (Phi) is 5.37. The molecule has 0 aliphatic heterocycles. The SMILES string of the molecule is O=C(Nc1ccnc(Cl)c1)c1cnc2c(NC3CC3)cc(N[C@H]3CC[C@H](O)CC3)nn12. The molecule has 0 spiro atoms. The van der Waals surface area contributed by atoms with Crippen LogP contribution in [0.1, 0.15) is 49.0 Å².